The molecule has 0 saturated carbocycles. The van der Waals surface area contributed by atoms with Gasteiger partial charge in [-0.05, 0) is 41.7 Å². The van der Waals surface area contributed by atoms with Gasteiger partial charge in [-0.15, -0.1) is 0 Å². The molecule has 1 heterocycles. The highest BCUT2D eigenvalue weighted by Crippen LogP contribution is 2.52. The molecule has 1 aliphatic heterocycles. The van der Waals surface area contributed by atoms with Crippen LogP contribution < -0.4 is 5.32 Å². The van der Waals surface area contributed by atoms with E-state index in [1.54, 1.807) is 12.1 Å². The van der Waals surface area contributed by atoms with Gasteiger partial charge in [0.15, 0.2) is 0 Å². The van der Waals surface area contributed by atoms with Crippen LogP contribution >= 0.6 is 23.2 Å². The lowest BCUT2D eigenvalue weighted by molar-refractivity contribution is 0.0600. The van der Waals surface area contributed by atoms with Gasteiger partial charge >= 0.3 is 5.97 Å². The van der Waals surface area contributed by atoms with E-state index in [2.05, 4.69) is 23.5 Å². The molecule has 2 aromatic carbocycles. The predicted molar refractivity (Wildman–Crippen MR) is 101 cm³/mol. The van der Waals surface area contributed by atoms with Gasteiger partial charge in [0, 0.05) is 5.92 Å². The summed E-state index contributed by atoms with van der Waals surface area (Å²) in [7, 11) is 1.39. The SMILES string of the molecule is COC(=O)c1ccc([C@@H]2Nc3c(ccc(Cl)c3Cl)[C@H]3C=CC[C@H]32)cc1. The first-order chi connectivity index (χ1) is 12.1. The number of hydrogen-bond donors (Lipinski definition) is 1. The molecule has 0 amide bonds. The van der Waals surface area contributed by atoms with Crippen molar-refractivity contribution in [3.63, 3.8) is 0 Å². The molecule has 0 unspecified atom stereocenters. The van der Waals surface area contributed by atoms with E-state index in [1.807, 2.05) is 18.2 Å². The first-order valence-electron chi connectivity index (χ1n) is 8.19. The maximum absolute atomic E-state index is 11.6. The van der Waals surface area contributed by atoms with Crippen LogP contribution in [0.15, 0.2) is 48.6 Å². The van der Waals surface area contributed by atoms with Gasteiger partial charge in [0.05, 0.1) is 34.4 Å². The fourth-order valence-electron chi connectivity index (χ4n) is 3.88. The van der Waals surface area contributed by atoms with Gasteiger partial charge in [-0.2, -0.15) is 0 Å². The molecule has 1 aliphatic carbocycles. The van der Waals surface area contributed by atoms with Gasteiger partial charge in [0.25, 0.3) is 0 Å². The summed E-state index contributed by atoms with van der Waals surface area (Å²) in [6.07, 6.45) is 5.48. The minimum absolute atomic E-state index is 0.107. The monoisotopic (exact) mass is 373 g/mol. The molecule has 5 heteroatoms. The van der Waals surface area contributed by atoms with Crippen molar-refractivity contribution >= 4 is 34.9 Å². The molecular formula is C20H17Cl2NO2. The number of esters is 1. The Morgan fingerprint density at radius 3 is 2.64 bits per heavy atom. The van der Waals surface area contributed by atoms with Gasteiger partial charge < -0.3 is 10.1 Å². The summed E-state index contributed by atoms with van der Waals surface area (Å²) in [6.45, 7) is 0. The Balaban J connectivity index is 1.73. The second-order valence-electron chi connectivity index (χ2n) is 6.41. The van der Waals surface area contributed by atoms with Gasteiger partial charge in [0.1, 0.15) is 0 Å². The van der Waals surface area contributed by atoms with E-state index < -0.39 is 0 Å². The molecule has 0 radical (unpaired) electrons. The molecular weight excluding hydrogens is 357 g/mol. The van der Waals surface area contributed by atoms with Crippen LogP contribution in [-0.2, 0) is 4.74 Å². The Kier molecular flexibility index (Phi) is 4.22. The van der Waals surface area contributed by atoms with Crippen molar-refractivity contribution in [1.29, 1.82) is 0 Å². The van der Waals surface area contributed by atoms with Crippen molar-refractivity contribution in [2.24, 2.45) is 5.92 Å². The van der Waals surface area contributed by atoms with Crippen LogP contribution in [0.4, 0.5) is 5.69 Å². The van der Waals surface area contributed by atoms with Gasteiger partial charge in [-0.1, -0.05) is 53.6 Å². The number of allylic oxidation sites excluding steroid dienone is 2. The molecule has 4 rings (SSSR count). The summed E-state index contributed by atoms with van der Waals surface area (Å²) in [6, 6.07) is 11.6. The van der Waals surface area contributed by atoms with Crippen LogP contribution in [0, 0.1) is 5.92 Å². The van der Waals surface area contributed by atoms with Crippen LogP contribution in [0.2, 0.25) is 10.0 Å². The molecule has 3 nitrogen and oxygen atoms in total. The highest BCUT2D eigenvalue weighted by atomic mass is 35.5. The molecule has 0 saturated heterocycles. The van der Waals surface area contributed by atoms with E-state index in [1.165, 1.54) is 12.7 Å². The van der Waals surface area contributed by atoms with Crippen LogP contribution in [0.3, 0.4) is 0 Å². The zero-order chi connectivity index (χ0) is 17.6. The zero-order valence-electron chi connectivity index (χ0n) is 13.6. The largest absolute Gasteiger partial charge is 0.465 e. The Hall–Kier alpha value is -1.97. The molecule has 0 bridgehead atoms. The molecule has 0 fully saturated rings. The smallest absolute Gasteiger partial charge is 0.337 e. The van der Waals surface area contributed by atoms with Crippen molar-refractivity contribution in [3.8, 4) is 0 Å². The van der Waals surface area contributed by atoms with Crippen molar-refractivity contribution in [3.05, 3.63) is 75.3 Å². The van der Waals surface area contributed by atoms with Gasteiger partial charge in [-0.3, -0.25) is 0 Å². The third-order valence-electron chi connectivity index (χ3n) is 5.12. The van der Waals surface area contributed by atoms with E-state index in [0.29, 0.717) is 27.4 Å². The molecule has 2 aliphatic rings. The number of fused-ring (bicyclic) bond motifs is 3. The molecule has 0 spiro atoms. The summed E-state index contributed by atoms with van der Waals surface area (Å²) in [5, 5.41) is 4.70. The normalized spacial score (nSPS) is 23.6. The topological polar surface area (TPSA) is 38.3 Å². The number of ether oxygens (including phenoxy) is 1. The van der Waals surface area contributed by atoms with Crippen LogP contribution in [-0.4, -0.2) is 13.1 Å². The fraction of sp³-hybridized carbons (Fsp3) is 0.250. The molecule has 0 aromatic heterocycles. The Morgan fingerprint density at radius 2 is 1.92 bits per heavy atom. The molecule has 25 heavy (non-hydrogen) atoms. The highest BCUT2D eigenvalue weighted by Gasteiger charge is 2.38. The zero-order valence-corrected chi connectivity index (χ0v) is 15.1. The van der Waals surface area contributed by atoms with Crippen molar-refractivity contribution in [1.82, 2.24) is 0 Å². The fourth-order valence-corrected chi connectivity index (χ4v) is 4.26. The van der Waals surface area contributed by atoms with Crippen LogP contribution in [0.1, 0.15) is 39.9 Å². The third-order valence-corrected chi connectivity index (χ3v) is 5.92. The molecule has 128 valence electrons. The number of benzene rings is 2. The van der Waals surface area contributed by atoms with Gasteiger partial charge in [-0.25, -0.2) is 4.79 Å². The Labute approximate surface area is 156 Å². The Morgan fingerprint density at radius 1 is 1.16 bits per heavy atom. The Bertz CT molecular complexity index is 861. The predicted octanol–water partition coefficient (Wildman–Crippen LogP) is 5.61. The average Bonchev–Trinajstić information content (AvgIpc) is 3.13. The lowest BCUT2D eigenvalue weighted by Gasteiger charge is -2.38. The summed E-state index contributed by atoms with van der Waals surface area (Å²) < 4.78 is 4.77. The summed E-state index contributed by atoms with van der Waals surface area (Å²) in [4.78, 5) is 11.6. The quantitative estimate of drug-likeness (QED) is 0.549. The third kappa shape index (κ3) is 2.72. The van der Waals surface area contributed by atoms with Crippen molar-refractivity contribution in [2.45, 2.75) is 18.4 Å². The van der Waals surface area contributed by atoms with Crippen molar-refractivity contribution in [2.75, 3.05) is 12.4 Å². The number of carbonyl (C=O) groups excluding carboxylic acids is 1. The van der Waals surface area contributed by atoms with E-state index in [4.69, 9.17) is 27.9 Å². The molecule has 1 N–H and O–H groups in total. The second kappa shape index (κ2) is 6.40. The molecule has 3 atom stereocenters. The van der Waals surface area contributed by atoms with Crippen molar-refractivity contribution < 1.29 is 9.53 Å². The number of anilines is 1. The number of rotatable bonds is 2. The molecule has 2 aromatic rings. The maximum atomic E-state index is 11.6. The standard InChI is InChI=1S/C20H17Cl2NO2/c1-25-20(24)12-7-5-11(6-8-12)18-14-4-2-3-13(14)15-9-10-16(21)17(22)19(15)23-18/h2-3,5-10,13-14,18,23H,4H2,1H3/t13-,14+,18-/m0/s1. The minimum Gasteiger partial charge on any atom is -0.465 e. The maximum Gasteiger partial charge on any atom is 0.337 e. The second-order valence-corrected chi connectivity index (χ2v) is 7.20. The van der Waals surface area contributed by atoms with Gasteiger partial charge in [0.2, 0.25) is 0 Å². The first kappa shape index (κ1) is 16.5. The summed E-state index contributed by atoms with van der Waals surface area (Å²) in [5.74, 6) is 0.397. The van der Waals surface area contributed by atoms with E-state index >= 15 is 0 Å². The lowest BCUT2D eigenvalue weighted by atomic mass is 9.77. The number of halogens is 2. The number of carbonyl (C=O) groups is 1. The average molecular weight is 374 g/mol. The summed E-state index contributed by atoms with van der Waals surface area (Å²) in [5.41, 5.74) is 3.76. The highest BCUT2D eigenvalue weighted by molar-refractivity contribution is 6.43. The number of nitrogens with one attached hydrogen (secondary N) is 1. The van der Waals surface area contributed by atoms with E-state index in [9.17, 15) is 4.79 Å². The van der Waals surface area contributed by atoms with E-state index in [0.717, 1.165) is 17.7 Å². The minimum atomic E-state index is -0.330. The number of methoxy groups -OCH3 is 1. The van der Waals surface area contributed by atoms with Crippen LogP contribution in [0.5, 0.6) is 0 Å². The van der Waals surface area contributed by atoms with Crippen LogP contribution in [0.25, 0.3) is 0 Å². The van der Waals surface area contributed by atoms with E-state index in [-0.39, 0.29) is 12.0 Å². The lowest BCUT2D eigenvalue weighted by Crippen LogP contribution is -2.29. The summed E-state index contributed by atoms with van der Waals surface area (Å²) >= 11 is 12.7. The number of hydrogen-bond acceptors (Lipinski definition) is 3. The first-order valence-corrected chi connectivity index (χ1v) is 8.95.